The molecule has 2 rings (SSSR count). The van der Waals surface area contributed by atoms with Crippen molar-refractivity contribution in [2.75, 3.05) is 11.6 Å². The second kappa shape index (κ2) is 3.41. The van der Waals surface area contributed by atoms with E-state index in [1.807, 2.05) is 30.3 Å². The van der Waals surface area contributed by atoms with Crippen LogP contribution in [0.2, 0.25) is 0 Å². The van der Waals surface area contributed by atoms with Gasteiger partial charge >= 0.3 is 0 Å². The number of nitrogens with zero attached hydrogens (tertiary/aromatic N) is 2. The fourth-order valence-corrected chi connectivity index (χ4v) is 1.31. The van der Waals surface area contributed by atoms with Crippen molar-refractivity contribution in [2.24, 2.45) is 10.8 Å². The van der Waals surface area contributed by atoms with Gasteiger partial charge in [-0.2, -0.15) is 0 Å². The van der Waals surface area contributed by atoms with Crippen LogP contribution in [0.4, 0.5) is 5.69 Å². The van der Waals surface area contributed by atoms with E-state index in [4.69, 9.17) is 5.84 Å². The molecule has 1 aliphatic rings. The van der Waals surface area contributed by atoms with Gasteiger partial charge in [0.15, 0.2) is 0 Å². The molecule has 0 saturated heterocycles. The van der Waals surface area contributed by atoms with Crippen molar-refractivity contribution < 1.29 is 0 Å². The summed E-state index contributed by atoms with van der Waals surface area (Å²) in [5, 5.41) is 1.68. The molecule has 0 amide bonds. The molecule has 0 saturated carbocycles. The van der Waals surface area contributed by atoms with E-state index < -0.39 is 0 Å². The van der Waals surface area contributed by atoms with Gasteiger partial charge < -0.3 is 5.01 Å². The molecule has 0 unspecified atom stereocenters. The number of rotatable bonds is 0. The van der Waals surface area contributed by atoms with E-state index in [1.54, 1.807) is 17.4 Å². The zero-order valence-corrected chi connectivity index (χ0v) is 7.22. The minimum Gasteiger partial charge on any atom is -0.305 e. The Bertz CT molecular complexity index is 355. The van der Waals surface area contributed by atoms with Crippen LogP contribution in [-0.4, -0.2) is 12.8 Å². The molecule has 0 bridgehead atoms. The first-order valence-electron chi connectivity index (χ1n) is 4.17. The smallest absolute Gasteiger partial charge is 0.0695 e. The minimum absolute atomic E-state index is 0.640. The van der Waals surface area contributed by atoms with Gasteiger partial charge in [-0.25, -0.2) is 5.84 Å². The van der Waals surface area contributed by atoms with Gasteiger partial charge in [0.05, 0.1) is 12.2 Å². The maximum atomic E-state index is 5.82. The molecule has 1 heterocycles. The monoisotopic (exact) mass is 173 g/mol. The normalized spacial score (nSPS) is 15.0. The summed E-state index contributed by atoms with van der Waals surface area (Å²) in [5.74, 6) is 5.82. The number of aliphatic imine (C=N–C) groups is 1. The summed E-state index contributed by atoms with van der Waals surface area (Å²) in [6.45, 7) is 0.640. The molecule has 0 aliphatic carbocycles. The summed E-state index contributed by atoms with van der Waals surface area (Å²) < 4.78 is 0. The van der Waals surface area contributed by atoms with Gasteiger partial charge in [-0.05, 0) is 12.1 Å². The van der Waals surface area contributed by atoms with Gasteiger partial charge in [-0.1, -0.05) is 18.2 Å². The molecule has 66 valence electrons. The standard InChI is InChI=1S/C10H11N3/c11-13-8-7-12-6-5-9-3-1-2-4-10(9)13/h1-7H,8,11H2. The quantitative estimate of drug-likeness (QED) is 0.603. The number of hydrogen-bond donors (Lipinski definition) is 1. The van der Waals surface area contributed by atoms with Crippen LogP contribution in [0.25, 0.3) is 6.08 Å². The lowest BCUT2D eigenvalue weighted by Crippen LogP contribution is -2.33. The van der Waals surface area contributed by atoms with Crippen molar-refractivity contribution in [3.05, 3.63) is 36.0 Å². The summed E-state index contributed by atoms with van der Waals surface area (Å²) in [5.41, 5.74) is 2.13. The van der Waals surface area contributed by atoms with E-state index in [0.29, 0.717) is 6.54 Å². The lowest BCUT2D eigenvalue weighted by atomic mass is 10.1. The van der Waals surface area contributed by atoms with Crippen LogP contribution in [0, 0.1) is 0 Å². The molecule has 1 aliphatic heterocycles. The van der Waals surface area contributed by atoms with Gasteiger partial charge in [-0.3, -0.25) is 4.99 Å². The maximum absolute atomic E-state index is 5.82. The third kappa shape index (κ3) is 1.60. The Morgan fingerprint density at radius 1 is 1.31 bits per heavy atom. The fraction of sp³-hybridized carbons (Fsp3) is 0.100. The molecule has 3 heteroatoms. The molecule has 1 aromatic carbocycles. The van der Waals surface area contributed by atoms with E-state index in [2.05, 4.69) is 4.99 Å². The number of benzene rings is 1. The molecule has 0 radical (unpaired) electrons. The van der Waals surface area contributed by atoms with E-state index in [0.717, 1.165) is 11.3 Å². The predicted molar refractivity (Wildman–Crippen MR) is 55.5 cm³/mol. The van der Waals surface area contributed by atoms with Gasteiger partial charge in [0.25, 0.3) is 0 Å². The molecule has 3 nitrogen and oxygen atoms in total. The number of hydrogen-bond acceptors (Lipinski definition) is 3. The van der Waals surface area contributed by atoms with Crippen molar-refractivity contribution in [1.82, 2.24) is 0 Å². The topological polar surface area (TPSA) is 41.6 Å². The first-order valence-corrected chi connectivity index (χ1v) is 4.17. The van der Waals surface area contributed by atoms with Gasteiger partial charge in [0, 0.05) is 18.0 Å². The van der Waals surface area contributed by atoms with Crippen molar-refractivity contribution in [1.29, 1.82) is 0 Å². The van der Waals surface area contributed by atoms with Crippen LogP contribution in [0.3, 0.4) is 0 Å². The Kier molecular flexibility index (Phi) is 2.10. The molecular weight excluding hydrogens is 162 g/mol. The van der Waals surface area contributed by atoms with E-state index in [-0.39, 0.29) is 0 Å². The highest BCUT2D eigenvalue weighted by Crippen LogP contribution is 2.19. The Hall–Kier alpha value is -1.61. The highest BCUT2D eigenvalue weighted by molar-refractivity contribution is 5.74. The molecule has 1 aromatic rings. The highest BCUT2D eigenvalue weighted by atomic mass is 15.4. The number of anilines is 1. The first kappa shape index (κ1) is 8.01. The average Bonchev–Trinajstić information content (AvgIpc) is 2.14. The van der Waals surface area contributed by atoms with Gasteiger partial charge in [0.2, 0.25) is 0 Å². The molecule has 0 spiro atoms. The Morgan fingerprint density at radius 2 is 2.15 bits per heavy atom. The number of hydrazine groups is 1. The molecule has 0 fully saturated rings. The van der Waals surface area contributed by atoms with Gasteiger partial charge in [-0.15, -0.1) is 0 Å². The summed E-state index contributed by atoms with van der Waals surface area (Å²) in [7, 11) is 0. The number of nitrogens with two attached hydrogens (primary N) is 1. The minimum atomic E-state index is 0.640. The second-order valence-electron chi connectivity index (χ2n) is 2.86. The number of fused-ring (bicyclic) bond motifs is 1. The Balaban J connectivity index is 2.49. The van der Waals surface area contributed by atoms with Crippen LogP contribution in [0.5, 0.6) is 0 Å². The summed E-state index contributed by atoms with van der Waals surface area (Å²) >= 11 is 0. The van der Waals surface area contributed by atoms with Crippen LogP contribution in [-0.2, 0) is 0 Å². The summed E-state index contributed by atoms with van der Waals surface area (Å²) in [6, 6.07) is 7.99. The van der Waals surface area contributed by atoms with Crippen molar-refractivity contribution in [2.45, 2.75) is 0 Å². The maximum Gasteiger partial charge on any atom is 0.0695 e. The Labute approximate surface area is 77.2 Å². The summed E-state index contributed by atoms with van der Waals surface area (Å²) in [4.78, 5) is 4.05. The lowest BCUT2D eigenvalue weighted by molar-refractivity contribution is 0.966. The van der Waals surface area contributed by atoms with Gasteiger partial charge in [0.1, 0.15) is 0 Å². The molecule has 2 N–H and O–H groups in total. The highest BCUT2D eigenvalue weighted by Gasteiger charge is 2.04. The zero-order chi connectivity index (χ0) is 9.10. The first-order chi connectivity index (χ1) is 6.38. The van der Waals surface area contributed by atoms with E-state index >= 15 is 0 Å². The fourth-order valence-electron chi connectivity index (χ4n) is 1.31. The average molecular weight is 173 g/mol. The lowest BCUT2D eigenvalue weighted by Gasteiger charge is -2.19. The van der Waals surface area contributed by atoms with Crippen LogP contribution < -0.4 is 10.9 Å². The van der Waals surface area contributed by atoms with Crippen molar-refractivity contribution >= 4 is 18.0 Å². The van der Waals surface area contributed by atoms with E-state index in [1.165, 1.54) is 0 Å². The van der Waals surface area contributed by atoms with E-state index in [9.17, 15) is 0 Å². The Morgan fingerprint density at radius 3 is 3.08 bits per heavy atom. The molecule has 0 aromatic heterocycles. The third-order valence-electron chi connectivity index (χ3n) is 1.97. The largest absolute Gasteiger partial charge is 0.305 e. The predicted octanol–water partition coefficient (Wildman–Crippen LogP) is 1.42. The third-order valence-corrected chi connectivity index (χ3v) is 1.97. The SMILES string of the molecule is NN1CC=NC=Cc2ccccc21. The van der Waals surface area contributed by atoms with Crippen LogP contribution in [0.15, 0.2) is 35.5 Å². The molecule has 13 heavy (non-hydrogen) atoms. The second-order valence-corrected chi connectivity index (χ2v) is 2.86. The van der Waals surface area contributed by atoms with Crippen molar-refractivity contribution in [3.8, 4) is 0 Å². The van der Waals surface area contributed by atoms with Crippen LogP contribution >= 0.6 is 0 Å². The zero-order valence-electron chi connectivity index (χ0n) is 7.22. The molecule has 0 atom stereocenters. The summed E-state index contributed by atoms with van der Waals surface area (Å²) in [6.07, 6.45) is 5.52. The number of para-hydroxylation sites is 1. The van der Waals surface area contributed by atoms with Crippen molar-refractivity contribution in [3.63, 3.8) is 0 Å². The van der Waals surface area contributed by atoms with Crippen LogP contribution in [0.1, 0.15) is 5.56 Å². The molecular formula is C10H11N3.